The summed E-state index contributed by atoms with van der Waals surface area (Å²) in [6.45, 7) is 4.71. The molecule has 2 rings (SSSR count). The Balaban J connectivity index is 2.14. The van der Waals surface area contributed by atoms with Crippen LogP contribution in [0.15, 0.2) is 15.5 Å². The Bertz CT molecular complexity index is 522. The van der Waals surface area contributed by atoms with Crippen molar-refractivity contribution in [2.75, 3.05) is 18.5 Å². The lowest BCUT2D eigenvalue weighted by Gasteiger charge is -2.27. The lowest BCUT2D eigenvalue weighted by molar-refractivity contribution is 0.142. The average Bonchev–Trinajstić information content (AvgIpc) is 2.89. The second-order valence-electron chi connectivity index (χ2n) is 5.93. The van der Waals surface area contributed by atoms with E-state index >= 15 is 0 Å². The number of nitrogens with zero attached hydrogens (tertiary/aromatic N) is 2. The van der Waals surface area contributed by atoms with Crippen molar-refractivity contribution < 1.29 is 5.11 Å². The molecule has 1 aliphatic rings. The fraction of sp³-hybridized carbons (Fsp3) is 0.714. The van der Waals surface area contributed by atoms with Gasteiger partial charge in [0.25, 0.3) is 5.56 Å². The van der Waals surface area contributed by atoms with Crippen molar-refractivity contribution in [2.24, 2.45) is 5.41 Å². The third-order valence-electron chi connectivity index (χ3n) is 4.09. The van der Waals surface area contributed by atoms with Crippen LogP contribution in [0.1, 0.15) is 45.6 Å². The highest BCUT2D eigenvalue weighted by atomic mass is 79.9. The minimum Gasteiger partial charge on any atom is -0.396 e. The molecule has 5 nitrogen and oxygen atoms in total. The van der Waals surface area contributed by atoms with Crippen molar-refractivity contribution in [1.82, 2.24) is 9.78 Å². The lowest BCUT2D eigenvalue weighted by atomic mass is 9.87. The van der Waals surface area contributed by atoms with Gasteiger partial charge in [0.05, 0.1) is 24.5 Å². The van der Waals surface area contributed by atoms with E-state index in [9.17, 15) is 9.90 Å². The van der Waals surface area contributed by atoms with Gasteiger partial charge in [0, 0.05) is 12.0 Å². The number of aromatic nitrogens is 2. The first-order chi connectivity index (χ1) is 9.49. The summed E-state index contributed by atoms with van der Waals surface area (Å²) in [5.41, 5.74) is 0.521. The van der Waals surface area contributed by atoms with Crippen LogP contribution < -0.4 is 10.9 Å². The molecule has 0 atom stereocenters. The maximum atomic E-state index is 12.1. The van der Waals surface area contributed by atoms with Gasteiger partial charge in [-0.1, -0.05) is 12.8 Å². The van der Waals surface area contributed by atoms with E-state index in [4.69, 9.17) is 0 Å². The molecule has 0 bridgehead atoms. The van der Waals surface area contributed by atoms with E-state index in [1.165, 1.54) is 4.68 Å². The fourth-order valence-electron chi connectivity index (χ4n) is 2.73. The number of aliphatic hydroxyl groups is 1. The van der Waals surface area contributed by atoms with Crippen LogP contribution >= 0.6 is 15.9 Å². The Hall–Kier alpha value is -0.880. The molecule has 0 amide bonds. The van der Waals surface area contributed by atoms with Gasteiger partial charge in [-0.25, -0.2) is 4.68 Å². The summed E-state index contributed by atoms with van der Waals surface area (Å²) in [7, 11) is 0. The molecular formula is C14H22BrN3O2. The molecule has 0 spiro atoms. The Labute approximate surface area is 127 Å². The van der Waals surface area contributed by atoms with Gasteiger partial charge >= 0.3 is 0 Å². The number of nitrogens with one attached hydrogen (secondary N) is 1. The van der Waals surface area contributed by atoms with Crippen molar-refractivity contribution >= 4 is 21.6 Å². The highest BCUT2D eigenvalue weighted by Crippen LogP contribution is 2.37. The smallest absolute Gasteiger partial charge is 0.283 e. The van der Waals surface area contributed by atoms with Crippen molar-refractivity contribution in [2.45, 2.75) is 45.6 Å². The number of halogens is 1. The Kier molecular flexibility index (Phi) is 4.86. The molecule has 0 aromatic carbocycles. The van der Waals surface area contributed by atoms with Gasteiger partial charge in [-0.15, -0.1) is 0 Å². The number of aliphatic hydroxyl groups excluding tert-OH is 1. The first-order valence-electron chi connectivity index (χ1n) is 7.11. The fourth-order valence-corrected chi connectivity index (χ4v) is 3.16. The van der Waals surface area contributed by atoms with Gasteiger partial charge in [-0.05, 0) is 42.6 Å². The van der Waals surface area contributed by atoms with E-state index < -0.39 is 0 Å². The van der Waals surface area contributed by atoms with Crippen LogP contribution in [0.25, 0.3) is 0 Å². The molecule has 6 heteroatoms. The van der Waals surface area contributed by atoms with Crippen LogP contribution in [-0.4, -0.2) is 28.0 Å². The molecule has 1 heterocycles. The average molecular weight is 344 g/mol. The summed E-state index contributed by atoms with van der Waals surface area (Å²) in [4.78, 5) is 12.1. The van der Waals surface area contributed by atoms with Crippen molar-refractivity contribution in [3.8, 4) is 0 Å². The predicted molar refractivity (Wildman–Crippen MR) is 83.1 cm³/mol. The monoisotopic (exact) mass is 343 g/mol. The summed E-state index contributed by atoms with van der Waals surface area (Å²) >= 11 is 3.35. The van der Waals surface area contributed by atoms with E-state index in [-0.39, 0.29) is 23.6 Å². The Morgan fingerprint density at radius 3 is 2.70 bits per heavy atom. The topological polar surface area (TPSA) is 67.2 Å². The highest BCUT2D eigenvalue weighted by Gasteiger charge is 2.33. The molecule has 0 unspecified atom stereocenters. The van der Waals surface area contributed by atoms with Crippen LogP contribution in [0.5, 0.6) is 0 Å². The van der Waals surface area contributed by atoms with Crippen LogP contribution in [-0.2, 0) is 0 Å². The first-order valence-corrected chi connectivity index (χ1v) is 7.90. The second kappa shape index (κ2) is 6.26. The zero-order valence-electron chi connectivity index (χ0n) is 12.0. The Morgan fingerprint density at radius 1 is 1.50 bits per heavy atom. The molecule has 20 heavy (non-hydrogen) atoms. The number of hydrogen-bond acceptors (Lipinski definition) is 4. The number of rotatable bonds is 5. The van der Waals surface area contributed by atoms with Gasteiger partial charge in [0.1, 0.15) is 4.47 Å². The van der Waals surface area contributed by atoms with E-state index in [0.717, 1.165) is 25.7 Å². The molecule has 0 radical (unpaired) electrons. The van der Waals surface area contributed by atoms with Crippen LogP contribution in [0.3, 0.4) is 0 Å². The molecule has 1 aromatic heterocycles. The minimum atomic E-state index is -0.130. The van der Waals surface area contributed by atoms with Crippen LogP contribution in [0.2, 0.25) is 0 Å². The van der Waals surface area contributed by atoms with E-state index in [1.807, 2.05) is 13.8 Å². The quantitative estimate of drug-likeness (QED) is 0.862. The summed E-state index contributed by atoms with van der Waals surface area (Å²) in [5.74, 6) is 0. The summed E-state index contributed by atoms with van der Waals surface area (Å²) in [5, 5.41) is 17.1. The highest BCUT2D eigenvalue weighted by molar-refractivity contribution is 9.10. The third kappa shape index (κ3) is 3.06. The zero-order chi connectivity index (χ0) is 14.8. The minimum absolute atomic E-state index is 0.0338. The van der Waals surface area contributed by atoms with Crippen LogP contribution in [0, 0.1) is 5.41 Å². The third-order valence-corrected chi connectivity index (χ3v) is 4.85. The molecule has 0 saturated heterocycles. The molecule has 1 fully saturated rings. The summed E-state index contributed by atoms with van der Waals surface area (Å²) in [6.07, 6.45) is 6.06. The van der Waals surface area contributed by atoms with Crippen molar-refractivity contribution in [3.63, 3.8) is 0 Å². The molecule has 0 aliphatic heterocycles. The van der Waals surface area contributed by atoms with Gasteiger partial charge in [-0.2, -0.15) is 5.10 Å². The van der Waals surface area contributed by atoms with Gasteiger partial charge < -0.3 is 10.4 Å². The molecule has 1 aromatic rings. The molecule has 2 N–H and O–H groups in total. The van der Waals surface area contributed by atoms with Crippen molar-refractivity contribution in [3.05, 3.63) is 21.0 Å². The maximum Gasteiger partial charge on any atom is 0.283 e. The van der Waals surface area contributed by atoms with Crippen molar-refractivity contribution in [1.29, 1.82) is 0 Å². The SMILES string of the molecule is CC(C)n1ncc(NCC2(CO)CCCC2)c(Br)c1=O. The van der Waals surface area contributed by atoms with Crippen LogP contribution in [0.4, 0.5) is 5.69 Å². The summed E-state index contributed by atoms with van der Waals surface area (Å²) < 4.78 is 1.96. The normalized spacial score (nSPS) is 17.6. The van der Waals surface area contributed by atoms with E-state index in [1.54, 1.807) is 6.20 Å². The molecule has 112 valence electrons. The standard InChI is InChI=1S/C14H22BrN3O2/c1-10(2)18-13(20)12(15)11(7-17-18)16-8-14(9-19)5-3-4-6-14/h7,10,16,19H,3-6,8-9H2,1-2H3. The van der Waals surface area contributed by atoms with E-state index in [0.29, 0.717) is 16.7 Å². The number of hydrogen-bond donors (Lipinski definition) is 2. The van der Waals surface area contributed by atoms with Gasteiger partial charge in [0.2, 0.25) is 0 Å². The largest absolute Gasteiger partial charge is 0.396 e. The Morgan fingerprint density at radius 2 is 2.15 bits per heavy atom. The second-order valence-corrected chi connectivity index (χ2v) is 6.73. The van der Waals surface area contributed by atoms with E-state index in [2.05, 4.69) is 26.3 Å². The number of anilines is 1. The lowest BCUT2D eigenvalue weighted by Crippen LogP contribution is -2.32. The molecule has 1 aliphatic carbocycles. The maximum absolute atomic E-state index is 12.1. The van der Waals surface area contributed by atoms with Gasteiger partial charge in [0.15, 0.2) is 0 Å². The predicted octanol–water partition coefficient (Wildman–Crippen LogP) is 2.55. The first kappa shape index (κ1) is 15.5. The summed E-state index contributed by atoms with van der Waals surface area (Å²) in [6, 6.07) is 0.0338. The van der Waals surface area contributed by atoms with Gasteiger partial charge in [-0.3, -0.25) is 4.79 Å². The molecule has 1 saturated carbocycles. The molecular weight excluding hydrogens is 322 g/mol. The zero-order valence-corrected chi connectivity index (χ0v) is 13.6.